The first-order chi connectivity index (χ1) is 10.1. The lowest BCUT2D eigenvalue weighted by Gasteiger charge is -2.31. The molecule has 0 aliphatic carbocycles. The Morgan fingerprint density at radius 2 is 1.76 bits per heavy atom. The number of carbonyl (C=O) groups is 2. The highest BCUT2D eigenvalue weighted by atomic mass is 16.2. The third kappa shape index (κ3) is 2.90. The average molecular weight is 284 g/mol. The molecule has 21 heavy (non-hydrogen) atoms. The molecule has 0 radical (unpaired) electrons. The van der Waals surface area contributed by atoms with Gasteiger partial charge >= 0.3 is 0 Å². The van der Waals surface area contributed by atoms with E-state index in [1.165, 1.54) is 11.0 Å². The second kappa shape index (κ2) is 5.82. The summed E-state index contributed by atoms with van der Waals surface area (Å²) in [5.41, 5.74) is 1.34. The number of imide groups is 1. The van der Waals surface area contributed by atoms with Gasteiger partial charge in [-0.3, -0.25) is 14.5 Å². The van der Waals surface area contributed by atoms with Crippen LogP contribution in [0.25, 0.3) is 5.57 Å². The van der Waals surface area contributed by atoms with E-state index in [9.17, 15) is 9.59 Å². The second-order valence-corrected chi connectivity index (χ2v) is 5.92. The third-order valence-corrected chi connectivity index (χ3v) is 4.37. The smallest absolute Gasteiger partial charge is 0.261 e. The van der Waals surface area contributed by atoms with Gasteiger partial charge in [-0.05, 0) is 44.5 Å². The molecule has 2 amide bonds. The maximum absolute atomic E-state index is 12.5. The zero-order valence-electron chi connectivity index (χ0n) is 12.3. The highest BCUT2D eigenvalue weighted by Crippen LogP contribution is 2.26. The minimum atomic E-state index is -0.169. The van der Waals surface area contributed by atoms with Gasteiger partial charge in [0.2, 0.25) is 0 Å². The molecule has 110 valence electrons. The van der Waals surface area contributed by atoms with Gasteiger partial charge in [-0.25, -0.2) is 0 Å². The van der Waals surface area contributed by atoms with E-state index in [0.717, 1.165) is 31.5 Å². The predicted octanol–water partition coefficient (Wildman–Crippen LogP) is 1.78. The fourth-order valence-corrected chi connectivity index (χ4v) is 3.01. The van der Waals surface area contributed by atoms with Crippen molar-refractivity contribution in [3.8, 4) is 0 Å². The molecule has 2 heterocycles. The molecule has 0 N–H and O–H groups in total. The Bertz CT molecular complexity index is 572. The van der Waals surface area contributed by atoms with Gasteiger partial charge in [0.25, 0.3) is 11.8 Å². The number of rotatable bonds is 3. The summed E-state index contributed by atoms with van der Waals surface area (Å²) in [6, 6.07) is 9.41. The zero-order chi connectivity index (χ0) is 14.8. The Labute approximate surface area is 125 Å². The van der Waals surface area contributed by atoms with Crippen LogP contribution in [-0.4, -0.2) is 48.3 Å². The van der Waals surface area contributed by atoms with Crippen molar-refractivity contribution in [2.45, 2.75) is 12.8 Å². The lowest BCUT2D eigenvalue weighted by Crippen LogP contribution is -2.40. The van der Waals surface area contributed by atoms with Gasteiger partial charge in [-0.1, -0.05) is 30.3 Å². The summed E-state index contributed by atoms with van der Waals surface area (Å²) in [7, 11) is 2.11. The fraction of sp³-hybridized carbons (Fsp3) is 0.412. The Hall–Kier alpha value is -1.94. The molecule has 4 heteroatoms. The molecule has 0 spiro atoms. The molecule has 2 aliphatic heterocycles. The van der Waals surface area contributed by atoms with Crippen LogP contribution in [0.2, 0.25) is 0 Å². The number of hydrogen-bond acceptors (Lipinski definition) is 3. The van der Waals surface area contributed by atoms with Gasteiger partial charge in [0.15, 0.2) is 0 Å². The van der Waals surface area contributed by atoms with Crippen LogP contribution in [0.5, 0.6) is 0 Å². The number of carbonyl (C=O) groups excluding carboxylic acids is 2. The maximum atomic E-state index is 12.5. The van der Waals surface area contributed by atoms with Crippen molar-refractivity contribution in [2.24, 2.45) is 5.92 Å². The first-order valence-corrected chi connectivity index (χ1v) is 7.46. The van der Waals surface area contributed by atoms with Crippen LogP contribution in [0.4, 0.5) is 0 Å². The van der Waals surface area contributed by atoms with Gasteiger partial charge in [0.1, 0.15) is 0 Å². The normalized spacial score (nSPS) is 21.0. The molecule has 0 atom stereocenters. The Morgan fingerprint density at radius 3 is 2.43 bits per heavy atom. The summed E-state index contributed by atoms with van der Waals surface area (Å²) in [5.74, 6) is 0.112. The van der Waals surface area contributed by atoms with Gasteiger partial charge < -0.3 is 4.90 Å². The molecular weight excluding hydrogens is 264 g/mol. The molecule has 1 fully saturated rings. The van der Waals surface area contributed by atoms with Crippen LogP contribution in [0.15, 0.2) is 36.4 Å². The molecule has 0 aromatic heterocycles. The van der Waals surface area contributed by atoms with Gasteiger partial charge in [-0.2, -0.15) is 0 Å². The first kappa shape index (κ1) is 14.0. The lowest BCUT2D eigenvalue weighted by molar-refractivity contribution is -0.137. The summed E-state index contributed by atoms with van der Waals surface area (Å²) >= 11 is 0. The van der Waals surface area contributed by atoms with Crippen molar-refractivity contribution >= 4 is 17.4 Å². The Morgan fingerprint density at radius 1 is 1.10 bits per heavy atom. The number of piperidine rings is 1. The minimum absolute atomic E-state index is 0.148. The Balaban J connectivity index is 1.69. The number of nitrogens with zero attached hydrogens (tertiary/aromatic N) is 2. The van der Waals surface area contributed by atoms with Gasteiger partial charge in [0.05, 0.1) is 5.57 Å². The lowest BCUT2D eigenvalue weighted by atomic mass is 9.96. The van der Waals surface area contributed by atoms with E-state index < -0.39 is 0 Å². The number of likely N-dealkylation sites (tertiary alicyclic amines) is 1. The van der Waals surface area contributed by atoms with Crippen LogP contribution in [0, 0.1) is 5.92 Å². The number of benzene rings is 1. The van der Waals surface area contributed by atoms with Crippen LogP contribution >= 0.6 is 0 Å². The van der Waals surface area contributed by atoms with E-state index in [2.05, 4.69) is 11.9 Å². The van der Waals surface area contributed by atoms with E-state index in [1.807, 2.05) is 30.3 Å². The largest absolute Gasteiger partial charge is 0.306 e. The predicted molar refractivity (Wildman–Crippen MR) is 81.4 cm³/mol. The highest BCUT2D eigenvalue weighted by Gasteiger charge is 2.33. The van der Waals surface area contributed by atoms with Gasteiger partial charge in [0, 0.05) is 12.6 Å². The molecule has 0 saturated carbocycles. The SMILES string of the molecule is CN1CCC(CN2C(=O)C=C(c3ccccc3)C2=O)CC1. The Kier molecular flexibility index (Phi) is 3.88. The van der Waals surface area contributed by atoms with Gasteiger partial charge in [-0.15, -0.1) is 0 Å². The number of amides is 2. The zero-order valence-corrected chi connectivity index (χ0v) is 12.3. The third-order valence-electron chi connectivity index (χ3n) is 4.37. The molecule has 3 rings (SSSR count). The maximum Gasteiger partial charge on any atom is 0.261 e. The highest BCUT2D eigenvalue weighted by molar-refractivity contribution is 6.33. The minimum Gasteiger partial charge on any atom is -0.306 e. The molecule has 2 aliphatic rings. The molecule has 0 bridgehead atoms. The van der Waals surface area contributed by atoms with Crippen molar-refractivity contribution in [3.63, 3.8) is 0 Å². The van der Waals surface area contributed by atoms with E-state index in [0.29, 0.717) is 18.0 Å². The summed E-state index contributed by atoms with van der Waals surface area (Å²) in [4.78, 5) is 28.3. The summed E-state index contributed by atoms with van der Waals surface area (Å²) in [6.45, 7) is 2.64. The van der Waals surface area contributed by atoms with E-state index in [-0.39, 0.29) is 11.8 Å². The molecular formula is C17H20N2O2. The molecule has 1 aromatic rings. The van der Waals surface area contributed by atoms with Crippen molar-refractivity contribution in [3.05, 3.63) is 42.0 Å². The second-order valence-electron chi connectivity index (χ2n) is 5.92. The summed E-state index contributed by atoms with van der Waals surface area (Å²) in [6.07, 6.45) is 3.58. The average Bonchev–Trinajstić information content (AvgIpc) is 2.78. The van der Waals surface area contributed by atoms with Crippen molar-refractivity contribution < 1.29 is 9.59 Å². The van der Waals surface area contributed by atoms with E-state index in [4.69, 9.17) is 0 Å². The molecule has 4 nitrogen and oxygen atoms in total. The van der Waals surface area contributed by atoms with Crippen LogP contribution in [-0.2, 0) is 9.59 Å². The molecule has 0 unspecified atom stereocenters. The van der Waals surface area contributed by atoms with Crippen molar-refractivity contribution in [1.82, 2.24) is 9.80 Å². The topological polar surface area (TPSA) is 40.6 Å². The first-order valence-electron chi connectivity index (χ1n) is 7.46. The standard InChI is InChI=1S/C17H20N2O2/c1-18-9-7-13(8-10-18)12-19-16(20)11-15(17(19)21)14-5-3-2-4-6-14/h2-6,11,13H,7-10,12H2,1H3. The summed E-state index contributed by atoms with van der Waals surface area (Å²) < 4.78 is 0. The molecule has 1 saturated heterocycles. The van der Waals surface area contributed by atoms with Crippen molar-refractivity contribution in [2.75, 3.05) is 26.7 Å². The number of hydrogen-bond donors (Lipinski definition) is 0. The van der Waals surface area contributed by atoms with Crippen LogP contribution in [0.1, 0.15) is 18.4 Å². The monoisotopic (exact) mass is 284 g/mol. The van der Waals surface area contributed by atoms with Crippen LogP contribution in [0.3, 0.4) is 0 Å². The fourth-order valence-electron chi connectivity index (χ4n) is 3.01. The van der Waals surface area contributed by atoms with Crippen molar-refractivity contribution in [1.29, 1.82) is 0 Å². The van der Waals surface area contributed by atoms with E-state index >= 15 is 0 Å². The summed E-state index contributed by atoms with van der Waals surface area (Å²) in [5, 5.41) is 0. The van der Waals surface area contributed by atoms with E-state index in [1.54, 1.807) is 0 Å². The quantitative estimate of drug-likeness (QED) is 0.794. The molecule has 1 aromatic carbocycles. The van der Waals surface area contributed by atoms with Crippen LogP contribution < -0.4 is 0 Å².